The standard InChI is InChI=1S/C42H57N5OS/c1-32-12-10-22-47(30-32)42-37(28-33-13-6-4-7-14-33)43-41(48-42)38(46-25-23-45(24-26-46)31-35-15-8-5-9-16-35)29-34-18-20-36(21-19-34)40(44(2)3)39-17-11-27-49-39/h4-9,11,13-17,27,32,34,36,38,40H,10,12,18-26,28-31H2,1-3H3. The highest BCUT2D eigenvalue weighted by Gasteiger charge is 2.36. The molecule has 0 radical (unpaired) electrons. The van der Waals surface area contributed by atoms with Crippen LogP contribution in [0.2, 0.25) is 0 Å². The average Bonchev–Trinajstić information content (AvgIpc) is 3.80. The summed E-state index contributed by atoms with van der Waals surface area (Å²) in [7, 11) is 4.53. The smallest absolute Gasteiger partial charge is 0.220 e. The van der Waals surface area contributed by atoms with E-state index >= 15 is 0 Å². The Morgan fingerprint density at radius 1 is 0.837 bits per heavy atom. The molecule has 4 aromatic rings. The highest BCUT2D eigenvalue weighted by atomic mass is 32.1. The van der Waals surface area contributed by atoms with Crippen LogP contribution < -0.4 is 4.90 Å². The summed E-state index contributed by atoms with van der Waals surface area (Å²) >= 11 is 1.92. The molecule has 3 aliphatic rings. The number of thiophene rings is 1. The van der Waals surface area contributed by atoms with Crippen LogP contribution in [0.5, 0.6) is 0 Å². The van der Waals surface area contributed by atoms with Crippen LogP contribution >= 0.6 is 11.3 Å². The van der Waals surface area contributed by atoms with E-state index in [0.29, 0.717) is 17.9 Å². The first-order chi connectivity index (χ1) is 24.0. The Kier molecular flexibility index (Phi) is 11.5. The first-order valence-electron chi connectivity index (χ1n) is 19.0. The second-order valence-corrected chi connectivity index (χ2v) is 16.4. The molecule has 6 nitrogen and oxygen atoms in total. The lowest BCUT2D eigenvalue weighted by molar-refractivity contribution is 0.0595. The van der Waals surface area contributed by atoms with E-state index in [0.717, 1.165) is 82.0 Å². The van der Waals surface area contributed by atoms with Gasteiger partial charge in [0, 0.05) is 63.2 Å². The second kappa shape index (κ2) is 16.4. The Morgan fingerprint density at radius 2 is 1.55 bits per heavy atom. The molecule has 2 aromatic heterocycles. The third-order valence-electron chi connectivity index (χ3n) is 11.5. The average molecular weight is 680 g/mol. The lowest BCUT2D eigenvalue weighted by Gasteiger charge is -2.41. The maximum atomic E-state index is 7.05. The fourth-order valence-electron chi connectivity index (χ4n) is 8.93. The maximum absolute atomic E-state index is 7.05. The first-order valence-corrected chi connectivity index (χ1v) is 19.9. The van der Waals surface area contributed by atoms with Gasteiger partial charge in [-0.25, -0.2) is 4.98 Å². The van der Waals surface area contributed by atoms with Crippen molar-refractivity contribution in [2.75, 3.05) is 58.3 Å². The van der Waals surface area contributed by atoms with Gasteiger partial charge in [0.25, 0.3) is 0 Å². The zero-order chi connectivity index (χ0) is 33.6. The number of aromatic nitrogens is 1. The largest absolute Gasteiger partial charge is 0.423 e. The molecule has 0 amide bonds. The number of hydrogen-bond acceptors (Lipinski definition) is 7. The number of anilines is 1. The Bertz CT molecular complexity index is 1540. The molecule has 262 valence electrons. The van der Waals surface area contributed by atoms with Crippen LogP contribution in [-0.4, -0.2) is 73.0 Å². The molecule has 2 aromatic carbocycles. The van der Waals surface area contributed by atoms with Crippen LogP contribution in [0.4, 0.5) is 5.88 Å². The zero-order valence-electron chi connectivity index (χ0n) is 30.1. The summed E-state index contributed by atoms with van der Waals surface area (Å²) in [6.07, 6.45) is 9.65. The van der Waals surface area contributed by atoms with Crippen LogP contribution in [0.3, 0.4) is 0 Å². The molecule has 7 heteroatoms. The molecule has 7 rings (SSSR count). The van der Waals surface area contributed by atoms with Crippen molar-refractivity contribution in [3.8, 4) is 0 Å². The van der Waals surface area contributed by atoms with Crippen molar-refractivity contribution in [3.63, 3.8) is 0 Å². The molecule has 4 heterocycles. The molecule has 2 aliphatic heterocycles. The number of piperazine rings is 1. The Labute approximate surface area is 299 Å². The molecule has 0 spiro atoms. The summed E-state index contributed by atoms with van der Waals surface area (Å²) in [5.41, 5.74) is 3.83. The molecule has 3 fully saturated rings. The fourth-order valence-corrected chi connectivity index (χ4v) is 9.95. The quantitative estimate of drug-likeness (QED) is 0.149. The van der Waals surface area contributed by atoms with E-state index in [1.54, 1.807) is 0 Å². The van der Waals surface area contributed by atoms with Gasteiger partial charge >= 0.3 is 0 Å². The van der Waals surface area contributed by atoms with Gasteiger partial charge in [0.05, 0.1) is 6.04 Å². The molecule has 0 bridgehead atoms. The van der Waals surface area contributed by atoms with Gasteiger partial charge in [-0.3, -0.25) is 9.80 Å². The van der Waals surface area contributed by atoms with Gasteiger partial charge < -0.3 is 14.2 Å². The predicted octanol–water partition coefficient (Wildman–Crippen LogP) is 8.92. The van der Waals surface area contributed by atoms with Gasteiger partial charge in [0.1, 0.15) is 5.69 Å². The highest BCUT2D eigenvalue weighted by molar-refractivity contribution is 7.10. The predicted molar refractivity (Wildman–Crippen MR) is 203 cm³/mol. The van der Waals surface area contributed by atoms with Crippen LogP contribution in [0.15, 0.2) is 82.6 Å². The molecule has 3 atom stereocenters. The molecular formula is C42H57N5OS. The van der Waals surface area contributed by atoms with Crippen molar-refractivity contribution in [2.24, 2.45) is 17.8 Å². The van der Waals surface area contributed by atoms with Gasteiger partial charge in [-0.2, -0.15) is 0 Å². The molecule has 49 heavy (non-hydrogen) atoms. The van der Waals surface area contributed by atoms with Crippen molar-refractivity contribution >= 4 is 17.2 Å². The summed E-state index contributed by atoms with van der Waals surface area (Å²) in [6, 6.07) is 27.1. The van der Waals surface area contributed by atoms with Gasteiger partial charge in [0.2, 0.25) is 11.8 Å². The third-order valence-corrected chi connectivity index (χ3v) is 12.5. The first kappa shape index (κ1) is 34.5. The molecule has 1 saturated carbocycles. The number of piperidine rings is 1. The molecular weight excluding hydrogens is 623 g/mol. The summed E-state index contributed by atoms with van der Waals surface area (Å²) in [4.78, 5) is 17.3. The number of hydrogen-bond donors (Lipinski definition) is 0. The number of benzene rings is 2. The molecule has 3 unspecified atom stereocenters. The highest BCUT2D eigenvalue weighted by Crippen LogP contribution is 2.44. The minimum Gasteiger partial charge on any atom is -0.423 e. The van der Waals surface area contributed by atoms with E-state index in [1.165, 1.54) is 54.5 Å². The third kappa shape index (κ3) is 8.68. The van der Waals surface area contributed by atoms with Crippen molar-refractivity contribution in [1.82, 2.24) is 19.7 Å². The van der Waals surface area contributed by atoms with Crippen LogP contribution in [0, 0.1) is 17.8 Å². The minimum atomic E-state index is 0.216. The SMILES string of the molecule is CC1CCCN(c2oc(C(CC3CCC(C(c4cccs4)N(C)C)CC3)N3CCN(Cc4ccccc4)CC3)nc2Cc2ccccc2)C1. The van der Waals surface area contributed by atoms with Gasteiger partial charge in [-0.05, 0) is 86.5 Å². The summed E-state index contributed by atoms with van der Waals surface area (Å²) in [5.74, 6) is 4.08. The van der Waals surface area contributed by atoms with Gasteiger partial charge in [0.15, 0.2) is 0 Å². The van der Waals surface area contributed by atoms with Crippen LogP contribution in [0.25, 0.3) is 0 Å². The van der Waals surface area contributed by atoms with E-state index in [4.69, 9.17) is 9.40 Å². The molecule has 1 aliphatic carbocycles. The van der Waals surface area contributed by atoms with Crippen molar-refractivity contribution in [2.45, 2.75) is 76.9 Å². The van der Waals surface area contributed by atoms with E-state index in [1.807, 2.05) is 11.3 Å². The number of rotatable bonds is 12. The Balaban J connectivity index is 1.12. The van der Waals surface area contributed by atoms with E-state index in [2.05, 4.69) is 119 Å². The van der Waals surface area contributed by atoms with Crippen molar-refractivity contribution < 1.29 is 4.42 Å². The van der Waals surface area contributed by atoms with Gasteiger partial charge in [-0.1, -0.05) is 86.5 Å². The Morgan fingerprint density at radius 3 is 2.20 bits per heavy atom. The Hall–Kier alpha value is -2.97. The zero-order valence-corrected chi connectivity index (χ0v) is 30.9. The molecule has 0 N–H and O–H groups in total. The van der Waals surface area contributed by atoms with E-state index in [-0.39, 0.29) is 6.04 Å². The fraction of sp³-hybridized carbons (Fsp3) is 0.548. The van der Waals surface area contributed by atoms with Crippen LogP contribution in [-0.2, 0) is 13.0 Å². The van der Waals surface area contributed by atoms with Crippen molar-refractivity contribution in [3.05, 3.63) is 106 Å². The maximum Gasteiger partial charge on any atom is 0.220 e. The van der Waals surface area contributed by atoms with Crippen LogP contribution in [0.1, 0.15) is 91.5 Å². The lowest BCUT2D eigenvalue weighted by Crippen LogP contribution is -2.47. The van der Waals surface area contributed by atoms with Crippen molar-refractivity contribution in [1.29, 1.82) is 0 Å². The number of nitrogens with zero attached hydrogens (tertiary/aromatic N) is 5. The second-order valence-electron chi connectivity index (χ2n) is 15.4. The summed E-state index contributed by atoms with van der Waals surface area (Å²) in [5, 5.41) is 2.24. The lowest BCUT2D eigenvalue weighted by atomic mass is 9.75. The molecule has 2 saturated heterocycles. The topological polar surface area (TPSA) is 39.0 Å². The van der Waals surface area contributed by atoms with E-state index in [9.17, 15) is 0 Å². The normalized spacial score (nSPS) is 23.9. The van der Waals surface area contributed by atoms with E-state index < -0.39 is 0 Å². The summed E-state index contributed by atoms with van der Waals surface area (Å²) < 4.78 is 7.05. The van der Waals surface area contributed by atoms with Gasteiger partial charge in [-0.15, -0.1) is 11.3 Å². The summed E-state index contributed by atoms with van der Waals surface area (Å²) in [6.45, 7) is 9.80. The monoisotopic (exact) mass is 679 g/mol. The number of oxazole rings is 1. The minimum absolute atomic E-state index is 0.216.